The minimum absolute atomic E-state index is 0.00593. The lowest BCUT2D eigenvalue weighted by molar-refractivity contribution is -0.141. The predicted octanol–water partition coefficient (Wildman–Crippen LogP) is 2.05. The standard InChI is InChI=1S/C14H7F3N6O2/c15-14(16,17)9-2-1-6-7(11(18)24)3-10-20-8(13-22-19-5-25-13)4-23(10)12(6)21-9/h1-5H,(H2,18,24). The molecule has 8 nitrogen and oxygen atoms in total. The average molecular weight is 348 g/mol. The van der Waals surface area contributed by atoms with Gasteiger partial charge in [0.05, 0.1) is 5.56 Å². The number of nitrogens with two attached hydrogens (primary N) is 1. The highest BCUT2D eigenvalue weighted by molar-refractivity contribution is 6.06. The Bertz CT molecular complexity index is 1120. The van der Waals surface area contributed by atoms with Crippen LogP contribution in [0, 0.1) is 0 Å². The third-order valence-electron chi connectivity index (χ3n) is 3.54. The molecule has 0 fully saturated rings. The van der Waals surface area contributed by atoms with E-state index in [1.165, 1.54) is 16.7 Å². The molecule has 0 atom stereocenters. The van der Waals surface area contributed by atoms with Crippen molar-refractivity contribution in [3.63, 3.8) is 0 Å². The maximum Gasteiger partial charge on any atom is 0.433 e. The highest BCUT2D eigenvalue weighted by Crippen LogP contribution is 2.31. The number of aromatic nitrogens is 5. The lowest BCUT2D eigenvalue weighted by Gasteiger charge is -2.09. The molecule has 0 aliphatic heterocycles. The molecule has 11 heteroatoms. The van der Waals surface area contributed by atoms with Gasteiger partial charge >= 0.3 is 6.18 Å². The van der Waals surface area contributed by atoms with Crippen molar-refractivity contribution in [3.05, 3.63) is 42.0 Å². The zero-order valence-corrected chi connectivity index (χ0v) is 12.2. The number of carbonyl (C=O) groups is 1. The second-order valence-corrected chi connectivity index (χ2v) is 5.09. The monoisotopic (exact) mass is 348 g/mol. The van der Waals surface area contributed by atoms with Crippen LogP contribution in [-0.4, -0.2) is 30.5 Å². The van der Waals surface area contributed by atoms with Crippen molar-refractivity contribution in [2.75, 3.05) is 0 Å². The predicted molar refractivity (Wildman–Crippen MR) is 77.3 cm³/mol. The zero-order valence-electron chi connectivity index (χ0n) is 12.2. The van der Waals surface area contributed by atoms with Crippen LogP contribution in [0.15, 0.2) is 35.2 Å². The molecular weight excluding hydrogens is 341 g/mol. The largest absolute Gasteiger partial charge is 0.433 e. The topological polar surface area (TPSA) is 112 Å². The Kier molecular flexibility index (Phi) is 3.01. The van der Waals surface area contributed by atoms with E-state index in [1.54, 1.807) is 0 Å². The molecule has 0 radical (unpaired) electrons. The quantitative estimate of drug-likeness (QED) is 0.593. The van der Waals surface area contributed by atoms with Gasteiger partial charge in [-0.25, -0.2) is 9.97 Å². The van der Waals surface area contributed by atoms with Crippen molar-refractivity contribution in [3.8, 4) is 11.6 Å². The van der Waals surface area contributed by atoms with Gasteiger partial charge in [-0.3, -0.25) is 9.20 Å². The Balaban J connectivity index is 2.09. The molecule has 4 aromatic rings. The first-order valence-corrected chi connectivity index (χ1v) is 6.81. The fourth-order valence-electron chi connectivity index (χ4n) is 2.46. The van der Waals surface area contributed by atoms with Crippen LogP contribution < -0.4 is 5.73 Å². The van der Waals surface area contributed by atoms with E-state index in [0.29, 0.717) is 0 Å². The van der Waals surface area contributed by atoms with Gasteiger partial charge in [-0.15, -0.1) is 10.2 Å². The van der Waals surface area contributed by atoms with Crippen molar-refractivity contribution in [2.24, 2.45) is 5.73 Å². The Labute approximate surface area is 136 Å². The molecule has 0 aliphatic carbocycles. The zero-order chi connectivity index (χ0) is 17.8. The van der Waals surface area contributed by atoms with Gasteiger partial charge in [-0.1, -0.05) is 0 Å². The van der Waals surface area contributed by atoms with Gasteiger partial charge in [-0.2, -0.15) is 13.2 Å². The number of primary amides is 1. The van der Waals surface area contributed by atoms with E-state index >= 15 is 0 Å². The maximum atomic E-state index is 13.0. The number of halogens is 3. The van der Waals surface area contributed by atoms with Crippen LogP contribution in [0.5, 0.6) is 0 Å². The first-order valence-electron chi connectivity index (χ1n) is 6.81. The number of pyridine rings is 2. The molecule has 0 bridgehead atoms. The molecule has 1 amide bonds. The number of fused-ring (bicyclic) bond motifs is 3. The van der Waals surface area contributed by atoms with Crippen LogP contribution in [0.2, 0.25) is 0 Å². The maximum absolute atomic E-state index is 13.0. The SMILES string of the molecule is NC(=O)c1cc2nc(-c3nnco3)cn2c2nc(C(F)(F)F)ccc12. The van der Waals surface area contributed by atoms with E-state index in [4.69, 9.17) is 10.2 Å². The van der Waals surface area contributed by atoms with Gasteiger partial charge < -0.3 is 10.2 Å². The Morgan fingerprint density at radius 3 is 2.68 bits per heavy atom. The van der Waals surface area contributed by atoms with Crippen molar-refractivity contribution >= 4 is 22.6 Å². The van der Waals surface area contributed by atoms with Crippen LogP contribution >= 0.6 is 0 Å². The summed E-state index contributed by atoms with van der Waals surface area (Å²) in [5.74, 6) is -0.735. The molecule has 126 valence electrons. The van der Waals surface area contributed by atoms with Crippen LogP contribution in [0.25, 0.3) is 28.3 Å². The van der Waals surface area contributed by atoms with Gasteiger partial charge in [0.25, 0.3) is 5.89 Å². The molecule has 0 aromatic carbocycles. The number of hydrogen-bond acceptors (Lipinski definition) is 6. The lowest BCUT2D eigenvalue weighted by Crippen LogP contribution is -2.14. The fourth-order valence-corrected chi connectivity index (χ4v) is 2.46. The Morgan fingerprint density at radius 1 is 1.24 bits per heavy atom. The molecule has 2 N–H and O–H groups in total. The van der Waals surface area contributed by atoms with Crippen LogP contribution in [0.3, 0.4) is 0 Å². The molecule has 25 heavy (non-hydrogen) atoms. The second-order valence-electron chi connectivity index (χ2n) is 5.09. The third-order valence-corrected chi connectivity index (χ3v) is 3.54. The van der Waals surface area contributed by atoms with Gasteiger partial charge in [-0.05, 0) is 18.2 Å². The summed E-state index contributed by atoms with van der Waals surface area (Å²) in [5.41, 5.74) is 4.51. The summed E-state index contributed by atoms with van der Waals surface area (Å²) < 4.78 is 45.3. The molecule has 0 spiro atoms. The summed E-state index contributed by atoms with van der Waals surface area (Å²) in [4.78, 5) is 19.5. The Morgan fingerprint density at radius 2 is 2.04 bits per heavy atom. The smallest absolute Gasteiger partial charge is 0.422 e. The van der Waals surface area contributed by atoms with E-state index < -0.39 is 17.8 Å². The number of amides is 1. The van der Waals surface area contributed by atoms with Crippen molar-refractivity contribution in [1.82, 2.24) is 24.6 Å². The number of rotatable bonds is 2. The highest BCUT2D eigenvalue weighted by Gasteiger charge is 2.33. The first-order chi connectivity index (χ1) is 11.8. The number of nitrogens with zero attached hydrogens (tertiary/aromatic N) is 5. The van der Waals surface area contributed by atoms with E-state index in [-0.39, 0.29) is 33.8 Å². The molecule has 0 saturated carbocycles. The summed E-state index contributed by atoms with van der Waals surface area (Å²) >= 11 is 0. The van der Waals surface area contributed by atoms with Gasteiger partial charge in [0.1, 0.15) is 22.7 Å². The number of carbonyl (C=O) groups excluding carboxylic acids is 1. The summed E-state index contributed by atoms with van der Waals surface area (Å²) in [7, 11) is 0. The summed E-state index contributed by atoms with van der Waals surface area (Å²) in [5, 5.41) is 7.38. The average Bonchev–Trinajstić information content (AvgIpc) is 3.21. The van der Waals surface area contributed by atoms with E-state index in [0.717, 1.165) is 18.5 Å². The summed E-state index contributed by atoms with van der Waals surface area (Å²) in [6.45, 7) is 0. The normalized spacial score (nSPS) is 12.1. The molecule has 0 aliphatic rings. The molecule has 4 rings (SSSR count). The number of imidazole rings is 1. The third kappa shape index (κ3) is 2.36. The lowest BCUT2D eigenvalue weighted by atomic mass is 10.1. The van der Waals surface area contributed by atoms with Crippen molar-refractivity contribution < 1.29 is 22.4 Å². The van der Waals surface area contributed by atoms with Gasteiger partial charge in [0.15, 0.2) is 0 Å². The van der Waals surface area contributed by atoms with Crippen LogP contribution in [0.1, 0.15) is 16.1 Å². The molecule has 0 saturated heterocycles. The van der Waals surface area contributed by atoms with Crippen LogP contribution in [-0.2, 0) is 6.18 Å². The van der Waals surface area contributed by atoms with E-state index in [2.05, 4.69) is 20.2 Å². The highest BCUT2D eigenvalue weighted by atomic mass is 19.4. The first kappa shape index (κ1) is 15.1. The van der Waals surface area contributed by atoms with Crippen molar-refractivity contribution in [1.29, 1.82) is 0 Å². The summed E-state index contributed by atoms with van der Waals surface area (Å²) in [6, 6.07) is 3.30. The van der Waals surface area contributed by atoms with Gasteiger partial charge in [0.2, 0.25) is 12.3 Å². The van der Waals surface area contributed by atoms with E-state index in [9.17, 15) is 18.0 Å². The molecule has 4 heterocycles. The fraction of sp³-hybridized carbons (Fsp3) is 0.0714. The summed E-state index contributed by atoms with van der Waals surface area (Å²) in [6.07, 6.45) is -2.16. The number of alkyl halides is 3. The molecule has 0 unspecified atom stereocenters. The molecular formula is C14H7F3N6O2. The van der Waals surface area contributed by atoms with Gasteiger partial charge in [0, 0.05) is 11.6 Å². The minimum Gasteiger partial charge on any atom is -0.422 e. The minimum atomic E-state index is -4.64. The van der Waals surface area contributed by atoms with Crippen molar-refractivity contribution in [2.45, 2.75) is 6.18 Å². The Hall–Kier alpha value is -3.50. The second kappa shape index (κ2) is 5.00. The number of hydrogen-bond donors (Lipinski definition) is 1. The molecule has 4 aromatic heterocycles. The van der Waals surface area contributed by atoms with Crippen LogP contribution in [0.4, 0.5) is 13.2 Å². The van der Waals surface area contributed by atoms with E-state index in [1.807, 2.05) is 0 Å².